The number of hydrogen-bond donors (Lipinski definition) is 1. The molecule has 18 heavy (non-hydrogen) atoms. The first-order valence-electron chi connectivity index (χ1n) is 7.22. The van der Waals surface area contributed by atoms with Gasteiger partial charge in [0.1, 0.15) is 5.82 Å². The highest BCUT2D eigenvalue weighted by Crippen LogP contribution is 2.72. The molecule has 5 unspecified atom stereocenters. The Bertz CT molecular complexity index is 439. The van der Waals surface area contributed by atoms with Crippen molar-refractivity contribution in [3.8, 4) is 0 Å². The number of hydrogen-bond acceptors (Lipinski definition) is 1. The van der Waals surface area contributed by atoms with Gasteiger partial charge in [-0.15, -0.1) is 0 Å². The summed E-state index contributed by atoms with van der Waals surface area (Å²) >= 11 is 0. The Hall–Kier alpha value is -0.890. The molecule has 2 bridgehead atoms. The van der Waals surface area contributed by atoms with Crippen molar-refractivity contribution >= 4 is 0 Å². The van der Waals surface area contributed by atoms with E-state index < -0.39 is 0 Å². The fourth-order valence-corrected chi connectivity index (χ4v) is 5.09. The SMILES string of the molecule is CNC(c1ccc(F)cc1)C1C2C3CCC(C3)C21. The summed E-state index contributed by atoms with van der Waals surface area (Å²) < 4.78 is 13.0. The summed E-state index contributed by atoms with van der Waals surface area (Å²) in [7, 11) is 2.05. The predicted molar refractivity (Wildman–Crippen MR) is 69.5 cm³/mol. The molecule has 1 N–H and O–H groups in total. The molecule has 0 spiro atoms. The summed E-state index contributed by atoms with van der Waals surface area (Å²) in [6.45, 7) is 0. The van der Waals surface area contributed by atoms with E-state index in [4.69, 9.17) is 0 Å². The highest BCUT2D eigenvalue weighted by molar-refractivity contribution is 5.26. The summed E-state index contributed by atoms with van der Waals surface area (Å²) in [4.78, 5) is 0. The third kappa shape index (κ3) is 1.41. The van der Waals surface area contributed by atoms with Crippen LogP contribution in [0.15, 0.2) is 24.3 Å². The molecule has 1 nitrogen and oxygen atoms in total. The fourth-order valence-electron chi connectivity index (χ4n) is 5.09. The molecule has 0 radical (unpaired) electrons. The van der Waals surface area contributed by atoms with Crippen LogP contribution in [0.4, 0.5) is 4.39 Å². The van der Waals surface area contributed by atoms with Gasteiger partial charge in [-0.25, -0.2) is 4.39 Å². The standard InChI is InChI=1S/C16H20FN/c1-18-16(9-4-6-12(17)7-5-9)15-13-10-2-3-11(8-10)14(13)15/h4-7,10-11,13-16,18H,2-3,8H2,1H3. The molecule has 0 heterocycles. The van der Waals surface area contributed by atoms with Crippen molar-refractivity contribution < 1.29 is 4.39 Å². The van der Waals surface area contributed by atoms with Crippen LogP contribution in [0.2, 0.25) is 0 Å². The summed E-state index contributed by atoms with van der Waals surface area (Å²) in [5, 5.41) is 3.47. The summed E-state index contributed by atoms with van der Waals surface area (Å²) in [5.41, 5.74) is 1.26. The maximum atomic E-state index is 13.0. The number of halogens is 1. The van der Waals surface area contributed by atoms with Gasteiger partial charge in [0.2, 0.25) is 0 Å². The second-order valence-corrected chi connectivity index (χ2v) is 6.38. The van der Waals surface area contributed by atoms with Crippen molar-refractivity contribution in [3.63, 3.8) is 0 Å². The van der Waals surface area contributed by atoms with Gasteiger partial charge in [-0.05, 0) is 73.6 Å². The zero-order chi connectivity index (χ0) is 12.3. The lowest BCUT2D eigenvalue weighted by atomic mass is 9.93. The lowest BCUT2D eigenvalue weighted by Crippen LogP contribution is -2.21. The molecule has 0 saturated heterocycles. The molecule has 3 aliphatic carbocycles. The van der Waals surface area contributed by atoms with Crippen molar-refractivity contribution in [3.05, 3.63) is 35.6 Å². The lowest BCUT2D eigenvalue weighted by molar-refractivity contribution is 0.385. The van der Waals surface area contributed by atoms with E-state index in [-0.39, 0.29) is 5.82 Å². The molecular formula is C16H20FN. The van der Waals surface area contributed by atoms with Crippen LogP contribution in [0.25, 0.3) is 0 Å². The third-order valence-corrected chi connectivity index (χ3v) is 5.72. The lowest BCUT2D eigenvalue weighted by Gasteiger charge is -2.20. The van der Waals surface area contributed by atoms with E-state index in [2.05, 4.69) is 5.32 Å². The van der Waals surface area contributed by atoms with Gasteiger partial charge < -0.3 is 5.32 Å². The Morgan fingerprint density at radius 3 is 2.28 bits per heavy atom. The van der Waals surface area contributed by atoms with Crippen molar-refractivity contribution in [1.82, 2.24) is 5.32 Å². The maximum absolute atomic E-state index is 13.0. The molecule has 96 valence electrons. The summed E-state index contributed by atoms with van der Waals surface area (Å²) in [6, 6.07) is 7.52. The van der Waals surface area contributed by atoms with Crippen LogP contribution in [0.3, 0.4) is 0 Å². The summed E-state index contributed by atoms with van der Waals surface area (Å²) in [5.74, 6) is 4.61. The number of benzene rings is 1. The first-order chi connectivity index (χ1) is 8.79. The van der Waals surface area contributed by atoms with Gasteiger partial charge >= 0.3 is 0 Å². The molecule has 3 saturated carbocycles. The van der Waals surface area contributed by atoms with Gasteiger partial charge in [0.05, 0.1) is 0 Å². The molecule has 0 aliphatic heterocycles. The highest BCUT2D eigenvalue weighted by Gasteiger charge is 2.66. The Labute approximate surface area is 108 Å². The number of rotatable bonds is 3. The smallest absolute Gasteiger partial charge is 0.123 e. The van der Waals surface area contributed by atoms with E-state index in [0.29, 0.717) is 6.04 Å². The van der Waals surface area contributed by atoms with E-state index in [1.54, 1.807) is 12.1 Å². The molecule has 1 aromatic carbocycles. The minimum atomic E-state index is -0.135. The fraction of sp³-hybridized carbons (Fsp3) is 0.625. The van der Waals surface area contributed by atoms with Gasteiger partial charge in [0.25, 0.3) is 0 Å². The number of fused-ring (bicyclic) bond motifs is 5. The number of nitrogens with one attached hydrogen (secondary N) is 1. The van der Waals surface area contributed by atoms with Crippen LogP contribution in [0.1, 0.15) is 30.9 Å². The van der Waals surface area contributed by atoms with E-state index in [9.17, 15) is 4.39 Å². The van der Waals surface area contributed by atoms with E-state index in [1.807, 2.05) is 19.2 Å². The van der Waals surface area contributed by atoms with Gasteiger partial charge in [0.15, 0.2) is 0 Å². The highest BCUT2D eigenvalue weighted by atomic mass is 19.1. The molecule has 5 atom stereocenters. The van der Waals surface area contributed by atoms with Gasteiger partial charge in [-0.3, -0.25) is 0 Å². The Balaban J connectivity index is 1.58. The molecule has 1 aromatic rings. The van der Waals surface area contributed by atoms with Crippen molar-refractivity contribution in [2.24, 2.45) is 29.6 Å². The largest absolute Gasteiger partial charge is 0.313 e. The van der Waals surface area contributed by atoms with Crippen LogP contribution in [-0.2, 0) is 0 Å². The molecule has 4 rings (SSSR count). The first kappa shape index (κ1) is 11.0. The topological polar surface area (TPSA) is 12.0 Å². The molecule has 2 heteroatoms. The van der Waals surface area contributed by atoms with Crippen LogP contribution < -0.4 is 5.32 Å². The molecule has 0 aromatic heterocycles. The second-order valence-electron chi connectivity index (χ2n) is 6.38. The first-order valence-corrected chi connectivity index (χ1v) is 7.22. The molecule has 3 fully saturated rings. The quantitative estimate of drug-likeness (QED) is 0.861. The van der Waals surface area contributed by atoms with Crippen molar-refractivity contribution in [2.45, 2.75) is 25.3 Å². The average Bonchev–Trinajstić information content (AvgIpc) is 2.81. The summed E-state index contributed by atoms with van der Waals surface area (Å²) in [6.07, 6.45) is 4.41. The van der Waals surface area contributed by atoms with Crippen LogP contribution in [0.5, 0.6) is 0 Å². The monoisotopic (exact) mass is 245 g/mol. The second kappa shape index (κ2) is 3.80. The molecule has 0 amide bonds. The van der Waals surface area contributed by atoms with Crippen LogP contribution in [-0.4, -0.2) is 7.05 Å². The van der Waals surface area contributed by atoms with E-state index >= 15 is 0 Å². The zero-order valence-electron chi connectivity index (χ0n) is 10.8. The van der Waals surface area contributed by atoms with Crippen molar-refractivity contribution in [1.29, 1.82) is 0 Å². The van der Waals surface area contributed by atoms with Gasteiger partial charge in [-0.1, -0.05) is 12.1 Å². The normalized spacial score (nSPS) is 41.8. The van der Waals surface area contributed by atoms with E-state index in [0.717, 1.165) is 29.6 Å². The van der Waals surface area contributed by atoms with Crippen molar-refractivity contribution in [2.75, 3.05) is 7.05 Å². The van der Waals surface area contributed by atoms with Crippen LogP contribution in [0, 0.1) is 35.4 Å². The third-order valence-electron chi connectivity index (χ3n) is 5.72. The minimum absolute atomic E-state index is 0.135. The Morgan fingerprint density at radius 2 is 1.72 bits per heavy atom. The van der Waals surface area contributed by atoms with Crippen LogP contribution >= 0.6 is 0 Å². The molecular weight excluding hydrogens is 225 g/mol. The maximum Gasteiger partial charge on any atom is 0.123 e. The predicted octanol–water partition coefficient (Wildman–Crippen LogP) is 3.38. The minimum Gasteiger partial charge on any atom is -0.313 e. The Kier molecular flexibility index (Phi) is 2.32. The average molecular weight is 245 g/mol. The molecule has 3 aliphatic rings. The zero-order valence-corrected chi connectivity index (χ0v) is 10.8. The Morgan fingerprint density at radius 1 is 1.11 bits per heavy atom. The van der Waals surface area contributed by atoms with Gasteiger partial charge in [-0.2, -0.15) is 0 Å². The van der Waals surface area contributed by atoms with Gasteiger partial charge in [0, 0.05) is 6.04 Å². The van der Waals surface area contributed by atoms with E-state index in [1.165, 1.54) is 24.8 Å².